The maximum absolute atomic E-state index is 12.6. The fourth-order valence-corrected chi connectivity index (χ4v) is 1.06. The smallest absolute Gasteiger partial charge is 0.337 e. The van der Waals surface area contributed by atoms with E-state index in [4.69, 9.17) is 0 Å². The highest BCUT2D eigenvalue weighted by atomic mass is 19.1. The van der Waals surface area contributed by atoms with Gasteiger partial charge in [-0.2, -0.15) is 0 Å². The molecule has 3 heteroatoms. The summed E-state index contributed by atoms with van der Waals surface area (Å²) in [6, 6.07) is 5.79. The Kier molecular flexibility index (Phi) is 3.80. The van der Waals surface area contributed by atoms with Crippen LogP contribution in [0.5, 0.6) is 0 Å². The minimum Gasteiger partial charge on any atom is -0.465 e. The van der Waals surface area contributed by atoms with Crippen LogP contribution in [0.15, 0.2) is 42.5 Å². The Labute approximate surface area is 87.7 Å². The average Bonchev–Trinajstić information content (AvgIpc) is 2.27. The van der Waals surface area contributed by atoms with Crippen molar-refractivity contribution in [2.75, 3.05) is 7.11 Å². The van der Waals surface area contributed by atoms with Crippen LogP contribution >= 0.6 is 0 Å². The van der Waals surface area contributed by atoms with Crippen molar-refractivity contribution >= 4 is 12.0 Å². The van der Waals surface area contributed by atoms with Crippen LogP contribution in [0.4, 0.5) is 4.39 Å². The highest BCUT2D eigenvalue weighted by Crippen LogP contribution is 2.10. The molecule has 0 aromatic heterocycles. The summed E-state index contributed by atoms with van der Waals surface area (Å²) in [4.78, 5) is 11.2. The summed E-state index contributed by atoms with van der Waals surface area (Å²) in [6.07, 6.45) is 2.98. The SMILES string of the molecule is C=C/C(=C\c1ccc(F)cc1)C(=O)OC. The first-order valence-corrected chi connectivity index (χ1v) is 4.35. The summed E-state index contributed by atoms with van der Waals surface area (Å²) >= 11 is 0. The summed E-state index contributed by atoms with van der Waals surface area (Å²) in [7, 11) is 1.30. The Balaban J connectivity index is 2.98. The van der Waals surface area contributed by atoms with Crippen LogP contribution in [-0.2, 0) is 9.53 Å². The second-order valence-corrected chi connectivity index (χ2v) is 2.85. The molecule has 0 bridgehead atoms. The van der Waals surface area contributed by atoms with Crippen LogP contribution in [0.25, 0.3) is 6.08 Å². The van der Waals surface area contributed by atoms with Crippen molar-refractivity contribution in [2.24, 2.45) is 0 Å². The minimum atomic E-state index is -0.464. The third-order valence-electron chi connectivity index (χ3n) is 1.83. The molecule has 0 fully saturated rings. The Morgan fingerprint density at radius 1 is 1.40 bits per heavy atom. The topological polar surface area (TPSA) is 26.3 Å². The zero-order valence-corrected chi connectivity index (χ0v) is 8.37. The Morgan fingerprint density at radius 3 is 2.47 bits per heavy atom. The Hall–Kier alpha value is -1.90. The largest absolute Gasteiger partial charge is 0.465 e. The number of hydrogen-bond donors (Lipinski definition) is 0. The molecule has 0 saturated carbocycles. The fraction of sp³-hybridized carbons (Fsp3) is 0.0833. The number of carbonyl (C=O) groups excluding carboxylic acids is 1. The molecule has 0 aliphatic rings. The summed E-state index contributed by atoms with van der Waals surface area (Å²) < 4.78 is 17.1. The van der Waals surface area contributed by atoms with Gasteiger partial charge in [0.1, 0.15) is 5.82 Å². The number of halogens is 1. The van der Waals surface area contributed by atoms with Crippen molar-refractivity contribution in [3.05, 3.63) is 53.9 Å². The standard InChI is InChI=1S/C12H11FO2/c1-3-10(12(14)15-2)8-9-4-6-11(13)7-5-9/h3-8H,1H2,2H3/b10-8+. The van der Waals surface area contributed by atoms with E-state index in [9.17, 15) is 9.18 Å². The lowest BCUT2D eigenvalue weighted by Gasteiger charge is -1.99. The molecule has 0 saturated heterocycles. The zero-order valence-electron chi connectivity index (χ0n) is 8.37. The lowest BCUT2D eigenvalue weighted by molar-refractivity contribution is -0.135. The van der Waals surface area contributed by atoms with Crippen LogP contribution in [0, 0.1) is 5.82 Å². The molecule has 0 spiro atoms. The fourth-order valence-electron chi connectivity index (χ4n) is 1.06. The van der Waals surface area contributed by atoms with Crippen LogP contribution in [0.1, 0.15) is 5.56 Å². The van der Waals surface area contributed by atoms with Gasteiger partial charge < -0.3 is 4.74 Å². The average molecular weight is 206 g/mol. The molecule has 0 unspecified atom stereocenters. The third kappa shape index (κ3) is 3.06. The van der Waals surface area contributed by atoms with E-state index in [1.807, 2.05) is 0 Å². The first kappa shape index (κ1) is 11.2. The lowest BCUT2D eigenvalue weighted by atomic mass is 10.1. The van der Waals surface area contributed by atoms with Gasteiger partial charge in [-0.05, 0) is 23.8 Å². The number of ether oxygens (including phenoxy) is 1. The van der Waals surface area contributed by atoms with E-state index >= 15 is 0 Å². The van der Waals surface area contributed by atoms with Gasteiger partial charge in [-0.15, -0.1) is 0 Å². The molecule has 0 amide bonds. The van der Waals surface area contributed by atoms with Gasteiger partial charge in [0.15, 0.2) is 0 Å². The summed E-state index contributed by atoms with van der Waals surface area (Å²) in [5.41, 5.74) is 1.06. The number of benzene rings is 1. The quantitative estimate of drug-likeness (QED) is 0.431. The molecule has 0 aliphatic carbocycles. The second-order valence-electron chi connectivity index (χ2n) is 2.85. The molecule has 0 radical (unpaired) electrons. The molecule has 1 rings (SSSR count). The van der Waals surface area contributed by atoms with Crippen LogP contribution in [0.2, 0.25) is 0 Å². The lowest BCUT2D eigenvalue weighted by Crippen LogP contribution is -2.01. The van der Waals surface area contributed by atoms with Gasteiger partial charge in [-0.3, -0.25) is 0 Å². The molecule has 0 heterocycles. The molecule has 1 aromatic carbocycles. The molecule has 0 N–H and O–H groups in total. The first-order chi connectivity index (χ1) is 7.17. The minimum absolute atomic E-state index is 0.314. The van der Waals surface area contributed by atoms with Gasteiger partial charge in [-0.1, -0.05) is 24.8 Å². The van der Waals surface area contributed by atoms with Gasteiger partial charge in [-0.25, -0.2) is 9.18 Å². The van der Waals surface area contributed by atoms with E-state index in [2.05, 4.69) is 11.3 Å². The van der Waals surface area contributed by atoms with Gasteiger partial charge in [0, 0.05) is 0 Å². The van der Waals surface area contributed by atoms with Gasteiger partial charge in [0.25, 0.3) is 0 Å². The highest BCUT2D eigenvalue weighted by molar-refractivity contribution is 5.96. The number of methoxy groups -OCH3 is 1. The summed E-state index contributed by atoms with van der Waals surface area (Å²) in [5.74, 6) is -0.778. The molecular formula is C12H11FO2. The highest BCUT2D eigenvalue weighted by Gasteiger charge is 2.04. The van der Waals surface area contributed by atoms with Gasteiger partial charge in [0.2, 0.25) is 0 Å². The Morgan fingerprint density at radius 2 is 2.00 bits per heavy atom. The molecular weight excluding hydrogens is 195 g/mol. The van der Waals surface area contributed by atoms with E-state index in [0.29, 0.717) is 5.57 Å². The van der Waals surface area contributed by atoms with Crippen molar-refractivity contribution in [3.63, 3.8) is 0 Å². The van der Waals surface area contributed by atoms with Crippen LogP contribution < -0.4 is 0 Å². The van der Waals surface area contributed by atoms with Crippen LogP contribution in [-0.4, -0.2) is 13.1 Å². The van der Waals surface area contributed by atoms with Crippen molar-refractivity contribution < 1.29 is 13.9 Å². The van der Waals surface area contributed by atoms with Crippen molar-refractivity contribution in [3.8, 4) is 0 Å². The van der Waals surface area contributed by atoms with E-state index in [1.165, 1.54) is 25.3 Å². The molecule has 0 atom stereocenters. The molecule has 15 heavy (non-hydrogen) atoms. The number of carbonyl (C=O) groups is 1. The predicted molar refractivity (Wildman–Crippen MR) is 56.6 cm³/mol. The van der Waals surface area contributed by atoms with Gasteiger partial charge in [0.05, 0.1) is 12.7 Å². The van der Waals surface area contributed by atoms with Crippen molar-refractivity contribution in [1.29, 1.82) is 0 Å². The van der Waals surface area contributed by atoms with Crippen molar-refractivity contribution in [1.82, 2.24) is 0 Å². The maximum Gasteiger partial charge on any atom is 0.337 e. The normalized spacial score (nSPS) is 10.9. The number of rotatable bonds is 3. The van der Waals surface area contributed by atoms with Crippen molar-refractivity contribution in [2.45, 2.75) is 0 Å². The van der Waals surface area contributed by atoms with Gasteiger partial charge >= 0.3 is 5.97 Å². The summed E-state index contributed by atoms with van der Waals surface area (Å²) in [5, 5.41) is 0. The molecule has 78 valence electrons. The van der Waals surface area contributed by atoms with E-state index < -0.39 is 5.97 Å². The first-order valence-electron chi connectivity index (χ1n) is 4.35. The molecule has 1 aromatic rings. The molecule has 2 nitrogen and oxygen atoms in total. The second kappa shape index (κ2) is 5.10. The third-order valence-corrected chi connectivity index (χ3v) is 1.83. The molecule has 0 aliphatic heterocycles. The maximum atomic E-state index is 12.6. The van der Waals surface area contributed by atoms with E-state index in [-0.39, 0.29) is 5.82 Å². The monoisotopic (exact) mass is 206 g/mol. The Bertz CT molecular complexity index is 391. The van der Waals surface area contributed by atoms with E-state index in [1.54, 1.807) is 18.2 Å². The summed E-state index contributed by atoms with van der Waals surface area (Å²) in [6.45, 7) is 3.50. The zero-order chi connectivity index (χ0) is 11.3. The number of hydrogen-bond acceptors (Lipinski definition) is 2. The number of esters is 1. The van der Waals surface area contributed by atoms with Crippen LogP contribution in [0.3, 0.4) is 0 Å². The predicted octanol–water partition coefficient (Wildman–Crippen LogP) is 2.57. The van der Waals surface area contributed by atoms with E-state index in [0.717, 1.165) is 5.56 Å².